The van der Waals surface area contributed by atoms with E-state index in [0.29, 0.717) is 34.8 Å². The van der Waals surface area contributed by atoms with Gasteiger partial charge in [0.15, 0.2) is 5.78 Å². The van der Waals surface area contributed by atoms with E-state index in [2.05, 4.69) is 26.3 Å². The number of carbonyl (C=O) groups excluding carboxylic acids is 3. The zero-order valence-electron chi connectivity index (χ0n) is 21.0. The highest BCUT2D eigenvalue weighted by Gasteiger charge is 2.36. The van der Waals surface area contributed by atoms with E-state index >= 15 is 0 Å². The molecule has 0 fully saturated rings. The van der Waals surface area contributed by atoms with Crippen molar-refractivity contribution in [3.05, 3.63) is 105 Å². The van der Waals surface area contributed by atoms with Crippen molar-refractivity contribution in [2.45, 2.75) is 19.5 Å². The number of carbonyl (C=O) groups is 3. The summed E-state index contributed by atoms with van der Waals surface area (Å²) in [7, 11) is 1.46. The van der Waals surface area contributed by atoms with E-state index in [0.717, 1.165) is 4.47 Å². The van der Waals surface area contributed by atoms with Crippen molar-refractivity contribution in [3.63, 3.8) is 0 Å². The van der Waals surface area contributed by atoms with Gasteiger partial charge in [0.05, 0.1) is 37.0 Å². The number of benzene rings is 3. The third kappa shape index (κ3) is 4.92. The summed E-state index contributed by atoms with van der Waals surface area (Å²) in [4.78, 5) is 41.3. The van der Waals surface area contributed by atoms with Gasteiger partial charge in [-0.25, -0.2) is 0 Å². The van der Waals surface area contributed by atoms with Crippen molar-refractivity contribution in [1.29, 1.82) is 5.26 Å². The normalized spacial score (nSPS) is 14.4. The molecule has 0 saturated heterocycles. The third-order valence-electron chi connectivity index (χ3n) is 6.48. The first-order valence-corrected chi connectivity index (χ1v) is 12.8. The molecular formula is C29H22BrN5O4. The van der Waals surface area contributed by atoms with Gasteiger partial charge in [-0.15, -0.1) is 0 Å². The molecule has 0 spiro atoms. The lowest BCUT2D eigenvalue weighted by Crippen LogP contribution is -2.47. The molecule has 9 nitrogen and oxygen atoms in total. The summed E-state index contributed by atoms with van der Waals surface area (Å²) in [6.45, 7) is 2.28. The first-order chi connectivity index (χ1) is 18.8. The summed E-state index contributed by atoms with van der Waals surface area (Å²) in [5, 5.41) is 16.3. The van der Waals surface area contributed by atoms with Crippen LogP contribution in [0.15, 0.2) is 77.4 Å². The second kappa shape index (κ2) is 10.6. The van der Waals surface area contributed by atoms with Crippen LogP contribution in [0.25, 0.3) is 0 Å². The van der Waals surface area contributed by atoms with Crippen LogP contribution in [0.1, 0.15) is 49.3 Å². The van der Waals surface area contributed by atoms with Gasteiger partial charge in [-0.2, -0.15) is 10.4 Å². The Bertz CT molecular complexity index is 1640. The minimum absolute atomic E-state index is 0.119. The fourth-order valence-corrected chi connectivity index (χ4v) is 4.81. The van der Waals surface area contributed by atoms with E-state index in [1.807, 2.05) is 25.1 Å². The van der Waals surface area contributed by atoms with Crippen LogP contribution in [-0.2, 0) is 6.54 Å². The quantitative estimate of drug-likeness (QED) is 0.317. The molecule has 3 aromatic carbocycles. The number of anilines is 2. The minimum atomic E-state index is -0.524. The number of fused-ring (bicyclic) bond motifs is 1. The highest BCUT2D eigenvalue weighted by atomic mass is 79.9. The fourth-order valence-electron chi connectivity index (χ4n) is 4.55. The maximum atomic E-state index is 13.7. The average molecular weight is 584 g/mol. The van der Waals surface area contributed by atoms with Crippen LogP contribution >= 0.6 is 15.9 Å². The van der Waals surface area contributed by atoms with Crippen LogP contribution in [0.2, 0.25) is 0 Å². The lowest BCUT2D eigenvalue weighted by atomic mass is 10.0. The molecule has 2 amide bonds. The van der Waals surface area contributed by atoms with E-state index in [1.165, 1.54) is 24.1 Å². The molecule has 0 radical (unpaired) electrons. The van der Waals surface area contributed by atoms with Crippen molar-refractivity contribution >= 4 is 44.9 Å². The van der Waals surface area contributed by atoms with E-state index < -0.39 is 5.91 Å². The van der Waals surface area contributed by atoms with Gasteiger partial charge in [0.25, 0.3) is 11.8 Å². The first kappa shape index (κ1) is 25.9. The maximum absolute atomic E-state index is 13.7. The number of amides is 2. The molecule has 1 N–H and O–H groups in total. The molecule has 0 bridgehead atoms. The fraction of sp³-hybridized carbons (Fsp3) is 0.138. The molecule has 194 valence electrons. The van der Waals surface area contributed by atoms with Crippen LogP contribution < -0.4 is 15.0 Å². The molecule has 1 aliphatic heterocycles. The van der Waals surface area contributed by atoms with Crippen molar-refractivity contribution < 1.29 is 19.1 Å². The van der Waals surface area contributed by atoms with Gasteiger partial charge >= 0.3 is 0 Å². The van der Waals surface area contributed by atoms with Gasteiger partial charge in [-0.1, -0.05) is 15.9 Å². The number of aromatic nitrogens is 2. The van der Waals surface area contributed by atoms with Crippen LogP contribution in [0.3, 0.4) is 0 Å². The molecule has 0 aliphatic carbocycles. The number of nitriles is 1. The molecule has 0 unspecified atom stereocenters. The zero-order chi connectivity index (χ0) is 27.7. The number of ketones is 1. The summed E-state index contributed by atoms with van der Waals surface area (Å²) in [6, 6.07) is 20.4. The Morgan fingerprint density at radius 2 is 1.74 bits per heavy atom. The number of hydrogen-bond acceptors (Lipinski definition) is 6. The molecule has 0 saturated carbocycles. The molecule has 1 atom stereocenters. The molecule has 4 aromatic rings. The Morgan fingerprint density at radius 1 is 1.08 bits per heavy atom. The Labute approximate surface area is 232 Å². The SMILES string of the molecule is COc1ccc(NC(=O)c2cnn3c2C(=O)N(c2ccc(C(=O)c4ccc(Br)cc4)cc2)[C@@H](C)C3)cc1C#N. The molecule has 1 aromatic heterocycles. The van der Waals surface area contributed by atoms with Crippen LogP contribution in [0.4, 0.5) is 11.4 Å². The highest BCUT2D eigenvalue weighted by molar-refractivity contribution is 9.10. The number of hydrogen-bond donors (Lipinski definition) is 1. The van der Waals surface area contributed by atoms with Crippen molar-refractivity contribution in [2.24, 2.45) is 0 Å². The predicted molar refractivity (Wildman–Crippen MR) is 148 cm³/mol. The minimum Gasteiger partial charge on any atom is -0.495 e. The Hall–Kier alpha value is -4.75. The van der Waals surface area contributed by atoms with Crippen molar-refractivity contribution in [3.8, 4) is 11.8 Å². The number of halogens is 1. The number of methoxy groups -OCH3 is 1. The molecule has 5 rings (SSSR count). The Kier molecular flexibility index (Phi) is 7.00. The monoisotopic (exact) mass is 583 g/mol. The van der Waals surface area contributed by atoms with Gasteiger partial charge < -0.3 is 15.0 Å². The van der Waals surface area contributed by atoms with Crippen LogP contribution in [-0.4, -0.2) is 40.5 Å². The maximum Gasteiger partial charge on any atom is 0.277 e. The summed E-state index contributed by atoms with van der Waals surface area (Å²) < 4.78 is 7.56. The van der Waals surface area contributed by atoms with E-state index in [9.17, 15) is 19.6 Å². The van der Waals surface area contributed by atoms with Crippen molar-refractivity contribution in [1.82, 2.24) is 9.78 Å². The Balaban J connectivity index is 1.39. The molecule has 1 aliphatic rings. The summed E-state index contributed by atoms with van der Waals surface area (Å²) >= 11 is 3.37. The molecule has 39 heavy (non-hydrogen) atoms. The predicted octanol–water partition coefficient (Wildman–Crippen LogP) is 5.06. The highest BCUT2D eigenvalue weighted by Crippen LogP contribution is 2.29. The van der Waals surface area contributed by atoms with Gasteiger partial charge in [-0.05, 0) is 73.7 Å². The van der Waals surface area contributed by atoms with E-state index in [1.54, 1.807) is 53.4 Å². The first-order valence-electron chi connectivity index (χ1n) is 12.0. The zero-order valence-corrected chi connectivity index (χ0v) is 22.6. The lowest BCUT2D eigenvalue weighted by molar-refractivity contribution is 0.0933. The average Bonchev–Trinajstić information content (AvgIpc) is 3.37. The second-order valence-corrected chi connectivity index (χ2v) is 9.89. The number of nitrogens with one attached hydrogen (secondary N) is 1. The molecular weight excluding hydrogens is 562 g/mol. The number of rotatable bonds is 6. The smallest absolute Gasteiger partial charge is 0.277 e. The third-order valence-corrected chi connectivity index (χ3v) is 7.00. The van der Waals surface area contributed by atoms with E-state index in [-0.39, 0.29) is 34.6 Å². The largest absolute Gasteiger partial charge is 0.495 e. The summed E-state index contributed by atoms with van der Waals surface area (Å²) in [5.41, 5.74) is 2.60. The lowest BCUT2D eigenvalue weighted by Gasteiger charge is -2.34. The second-order valence-electron chi connectivity index (χ2n) is 8.98. The van der Waals surface area contributed by atoms with E-state index in [4.69, 9.17) is 4.74 Å². The van der Waals surface area contributed by atoms with Gasteiger partial charge in [0.2, 0.25) is 0 Å². The van der Waals surface area contributed by atoms with Crippen molar-refractivity contribution in [2.75, 3.05) is 17.3 Å². The standard InChI is InChI=1S/C29H22BrN5O4/c1-17-16-34-26(24(15-32-34)28(37)33-22-9-12-25(39-2)20(13-22)14-31)29(38)35(17)23-10-5-19(6-11-23)27(36)18-3-7-21(30)8-4-18/h3-13,15,17H,16H2,1-2H3,(H,33,37)/t17-/m0/s1. The van der Waals surface area contributed by atoms with Gasteiger partial charge in [0, 0.05) is 27.0 Å². The Morgan fingerprint density at radius 3 is 2.38 bits per heavy atom. The summed E-state index contributed by atoms with van der Waals surface area (Å²) in [6.07, 6.45) is 1.37. The van der Waals surface area contributed by atoms with Gasteiger partial charge in [-0.3, -0.25) is 19.1 Å². The van der Waals surface area contributed by atoms with Gasteiger partial charge in [0.1, 0.15) is 17.5 Å². The summed E-state index contributed by atoms with van der Waals surface area (Å²) in [5.74, 6) is -0.635. The van der Waals surface area contributed by atoms with Crippen LogP contribution in [0.5, 0.6) is 5.75 Å². The van der Waals surface area contributed by atoms with Crippen LogP contribution in [0, 0.1) is 11.3 Å². The topological polar surface area (TPSA) is 117 Å². The molecule has 2 heterocycles. The molecule has 10 heteroatoms. The number of ether oxygens (including phenoxy) is 1. The number of nitrogens with zero attached hydrogens (tertiary/aromatic N) is 4.